The van der Waals surface area contributed by atoms with E-state index in [9.17, 15) is 9.59 Å². The molecule has 0 saturated carbocycles. The van der Waals surface area contributed by atoms with Gasteiger partial charge in [0, 0.05) is 6.54 Å². The second kappa shape index (κ2) is 10.7. The Morgan fingerprint density at radius 1 is 1.41 bits per heavy atom. The van der Waals surface area contributed by atoms with Crippen LogP contribution in [0.3, 0.4) is 0 Å². The van der Waals surface area contributed by atoms with E-state index >= 15 is 0 Å². The summed E-state index contributed by atoms with van der Waals surface area (Å²) in [5.41, 5.74) is 4.95. The van der Waals surface area contributed by atoms with Crippen LogP contribution >= 0.6 is 22.0 Å². The lowest BCUT2D eigenvalue weighted by Gasteiger charge is -2.11. The fourth-order valence-corrected chi connectivity index (χ4v) is 1.72. The van der Waals surface area contributed by atoms with E-state index in [1.54, 1.807) is 0 Å². The molecule has 9 heteroatoms. The first kappa shape index (κ1) is 16.6. The quantitative estimate of drug-likeness (QED) is 0.118. The monoisotopic (exact) mass is 283 g/mol. The maximum absolute atomic E-state index is 10.9. The number of unbranched alkanes of at least 4 members (excludes halogenated alkanes) is 1. The number of hydrogen-bond acceptors (Lipinski definition) is 6. The number of nitrogens with two attached hydrogens (primary N) is 1. The van der Waals surface area contributed by atoms with Gasteiger partial charge >= 0.3 is 6.09 Å². The summed E-state index contributed by atoms with van der Waals surface area (Å²) in [5.74, 6) is 0. The highest BCUT2D eigenvalue weighted by Gasteiger charge is 2.11. The van der Waals surface area contributed by atoms with Crippen molar-refractivity contribution < 1.29 is 19.4 Å². The molecular weight excluding hydrogens is 265 g/mol. The zero-order chi connectivity index (χ0) is 13.1. The molecule has 0 aliphatic heterocycles. The SMILES string of the molecule is NCOOC(=O)NCCCC[C@H](NP)C(=O)S. The minimum absolute atomic E-state index is 0.182. The van der Waals surface area contributed by atoms with Gasteiger partial charge in [-0.15, -0.1) is 12.6 Å². The molecule has 0 spiro atoms. The molecule has 7 nitrogen and oxygen atoms in total. The van der Waals surface area contributed by atoms with Gasteiger partial charge in [0.15, 0.2) is 0 Å². The first-order valence-corrected chi connectivity index (χ1v) is 6.10. The highest BCUT2D eigenvalue weighted by Crippen LogP contribution is 2.05. The Morgan fingerprint density at radius 2 is 2.12 bits per heavy atom. The Kier molecular flexibility index (Phi) is 10.5. The average molecular weight is 283 g/mol. The molecule has 0 fully saturated rings. The fourth-order valence-electron chi connectivity index (χ4n) is 1.06. The van der Waals surface area contributed by atoms with Crippen LogP contribution in [0.25, 0.3) is 0 Å². The molecule has 100 valence electrons. The van der Waals surface area contributed by atoms with Crippen LogP contribution in [0.4, 0.5) is 4.79 Å². The summed E-state index contributed by atoms with van der Waals surface area (Å²) in [4.78, 5) is 30.3. The number of nitrogens with one attached hydrogen (secondary N) is 2. The lowest BCUT2D eigenvalue weighted by molar-refractivity contribution is -0.236. The van der Waals surface area contributed by atoms with Gasteiger partial charge < -0.3 is 11.1 Å². The van der Waals surface area contributed by atoms with Gasteiger partial charge in [0.25, 0.3) is 0 Å². The van der Waals surface area contributed by atoms with Crippen molar-refractivity contribution in [1.82, 2.24) is 10.4 Å². The van der Waals surface area contributed by atoms with E-state index in [2.05, 4.69) is 42.2 Å². The Balaban J connectivity index is 3.45. The van der Waals surface area contributed by atoms with Gasteiger partial charge in [-0.25, -0.2) is 4.79 Å². The third kappa shape index (κ3) is 9.31. The van der Waals surface area contributed by atoms with E-state index in [1.807, 2.05) is 0 Å². The molecular formula is C8H18N3O4PS. The van der Waals surface area contributed by atoms with Crippen LogP contribution in [-0.2, 0) is 14.6 Å². The van der Waals surface area contributed by atoms with Crippen LogP contribution in [0.5, 0.6) is 0 Å². The van der Waals surface area contributed by atoms with Crippen LogP contribution < -0.4 is 16.1 Å². The minimum Gasteiger partial charge on any atom is -0.319 e. The Labute approximate surface area is 108 Å². The summed E-state index contributed by atoms with van der Waals surface area (Å²) >= 11 is 3.74. The Hall–Kier alpha value is -0.400. The lowest BCUT2D eigenvalue weighted by Crippen LogP contribution is -2.28. The van der Waals surface area contributed by atoms with Gasteiger partial charge in [0.05, 0.1) is 6.04 Å². The number of hydrogen-bond donors (Lipinski definition) is 4. The molecule has 0 radical (unpaired) electrons. The second-order valence-electron chi connectivity index (χ2n) is 3.14. The molecule has 0 aromatic carbocycles. The minimum atomic E-state index is -0.679. The molecule has 0 aliphatic carbocycles. The topological polar surface area (TPSA) is 103 Å². The van der Waals surface area contributed by atoms with Crippen molar-refractivity contribution >= 4 is 33.2 Å². The average Bonchev–Trinajstić information content (AvgIpc) is 2.30. The summed E-state index contributed by atoms with van der Waals surface area (Å²) in [6.07, 6.45) is 1.47. The zero-order valence-electron chi connectivity index (χ0n) is 9.35. The van der Waals surface area contributed by atoms with Gasteiger partial charge in [-0.05, 0) is 19.3 Å². The van der Waals surface area contributed by atoms with E-state index in [0.29, 0.717) is 13.0 Å². The molecule has 1 unspecified atom stereocenters. The van der Waals surface area contributed by atoms with Crippen LogP contribution in [0.15, 0.2) is 0 Å². The number of carbonyl (C=O) groups is 2. The van der Waals surface area contributed by atoms with Crippen molar-refractivity contribution in [1.29, 1.82) is 0 Å². The predicted molar refractivity (Wildman–Crippen MR) is 69.1 cm³/mol. The van der Waals surface area contributed by atoms with Crippen molar-refractivity contribution in [3.63, 3.8) is 0 Å². The van der Waals surface area contributed by atoms with E-state index in [-0.39, 0.29) is 17.9 Å². The van der Waals surface area contributed by atoms with Gasteiger partial charge in [-0.1, -0.05) is 9.39 Å². The zero-order valence-corrected chi connectivity index (χ0v) is 11.4. The standard InChI is InChI=1S/C8H18N3O4PS/c9-5-14-15-8(13)10-4-2-1-3-6(11-16)7(12)17/h6,11H,1-5,9,16H2,(H,10,13)(H,12,17)/t6-/m0/s1. The maximum Gasteiger partial charge on any atom is 0.438 e. The van der Waals surface area contributed by atoms with Crippen molar-refractivity contribution in [2.24, 2.45) is 5.73 Å². The number of amides is 1. The van der Waals surface area contributed by atoms with E-state index < -0.39 is 6.09 Å². The molecule has 0 bridgehead atoms. The lowest BCUT2D eigenvalue weighted by atomic mass is 10.1. The largest absolute Gasteiger partial charge is 0.438 e. The first-order valence-electron chi connectivity index (χ1n) is 5.08. The molecule has 0 aromatic heterocycles. The van der Waals surface area contributed by atoms with Gasteiger partial charge in [-0.2, -0.15) is 4.89 Å². The fraction of sp³-hybridized carbons (Fsp3) is 0.750. The van der Waals surface area contributed by atoms with E-state index in [0.717, 1.165) is 12.8 Å². The van der Waals surface area contributed by atoms with E-state index in [1.165, 1.54) is 0 Å². The normalized spacial score (nSPS) is 11.9. The van der Waals surface area contributed by atoms with Crippen molar-refractivity contribution in [3.05, 3.63) is 0 Å². The molecule has 0 rings (SSSR count). The Bertz CT molecular complexity index is 245. The van der Waals surface area contributed by atoms with Crippen molar-refractivity contribution in [3.8, 4) is 0 Å². The molecule has 17 heavy (non-hydrogen) atoms. The summed E-state index contributed by atoms with van der Waals surface area (Å²) in [5, 5.41) is 5.04. The molecule has 0 aromatic rings. The molecule has 0 aliphatic rings. The van der Waals surface area contributed by atoms with Gasteiger partial charge in [-0.3, -0.25) is 14.8 Å². The summed E-state index contributed by atoms with van der Waals surface area (Å²) in [6, 6.07) is -0.282. The molecule has 1 amide bonds. The third-order valence-electron chi connectivity index (χ3n) is 1.89. The number of rotatable bonds is 9. The van der Waals surface area contributed by atoms with Crippen LogP contribution in [0.1, 0.15) is 19.3 Å². The van der Waals surface area contributed by atoms with Gasteiger partial charge in [0.2, 0.25) is 5.12 Å². The summed E-state index contributed by atoms with van der Waals surface area (Å²) < 4.78 is 0. The molecule has 4 N–H and O–H groups in total. The van der Waals surface area contributed by atoms with Crippen molar-refractivity contribution in [2.45, 2.75) is 25.3 Å². The third-order valence-corrected chi connectivity index (χ3v) is 2.60. The number of thiol groups is 1. The maximum atomic E-state index is 10.9. The summed E-state index contributed by atoms with van der Waals surface area (Å²) in [6.45, 7) is 0.260. The van der Waals surface area contributed by atoms with Crippen LogP contribution in [-0.4, -0.2) is 30.5 Å². The van der Waals surface area contributed by atoms with E-state index in [4.69, 9.17) is 5.73 Å². The van der Waals surface area contributed by atoms with Crippen LogP contribution in [0.2, 0.25) is 0 Å². The highest BCUT2D eigenvalue weighted by atomic mass is 32.1. The highest BCUT2D eigenvalue weighted by molar-refractivity contribution is 7.96. The summed E-state index contributed by atoms with van der Waals surface area (Å²) in [7, 11) is 2.28. The van der Waals surface area contributed by atoms with Gasteiger partial charge in [0.1, 0.15) is 6.73 Å². The molecule has 0 heterocycles. The first-order chi connectivity index (χ1) is 8.11. The Morgan fingerprint density at radius 3 is 2.65 bits per heavy atom. The van der Waals surface area contributed by atoms with Crippen molar-refractivity contribution in [2.75, 3.05) is 13.3 Å². The van der Waals surface area contributed by atoms with Crippen LogP contribution in [0, 0.1) is 0 Å². The molecule has 0 saturated heterocycles. The second-order valence-corrected chi connectivity index (χ2v) is 3.91. The predicted octanol–water partition coefficient (Wildman–Crippen LogP) is -0.0646. The molecule has 2 atom stereocenters. The number of carbonyl (C=O) groups excluding carboxylic acids is 2. The smallest absolute Gasteiger partial charge is 0.319 e.